The van der Waals surface area contributed by atoms with Crippen LogP contribution < -0.4 is 4.74 Å². The van der Waals surface area contributed by atoms with Crippen molar-refractivity contribution in [3.05, 3.63) is 70.9 Å². The van der Waals surface area contributed by atoms with Crippen molar-refractivity contribution >= 4 is 23.1 Å². The van der Waals surface area contributed by atoms with Crippen molar-refractivity contribution in [3.63, 3.8) is 0 Å². The Labute approximate surface area is 140 Å². The molecule has 0 fully saturated rings. The van der Waals surface area contributed by atoms with Gasteiger partial charge in [0.15, 0.2) is 0 Å². The Hall–Kier alpha value is -2.46. The van der Waals surface area contributed by atoms with Crippen LogP contribution in [0.2, 0.25) is 5.02 Å². The quantitative estimate of drug-likeness (QED) is 0.454. The normalized spacial score (nSPS) is 11.0. The lowest BCUT2D eigenvalue weighted by atomic mass is 10.0. The van der Waals surface area contributed by atoms with Crippen molar-refractivity contribution in [1.29, 1.82) is 0 Å². The lowest BCUT2D eigenvalue weighted by Crippen LogP contribution is -2.08. The van der Waals surface area contributed by atoms with E-state index >= 15 is 0 Å². The number of ether oxygens (including phenoxy) is 3. The Balaban J connectivity index is 2.26. The summed E-state index contributed by atoms with van der Waals surface area (Å²) >= 11 is 5.94. The number of carbonyl (C=O) groups is 1. The Morgan fingerprint density at radius 2 is 1.91 bits per heavy atom. The summed E-state index contributed by atoms with van der Waals surface area (Å²) in [5.41, 5.74) is 1.87. The molecule has 4 nitrogen and oxygen atoms in total. The standard InChI is InChI=1S/C18H17ClO4/c1-21-12-17(18(20)22-2)16-9-4-3-6-13(16)11-23-15-8-5-7-14(19)10-15/h3-10,12H,11H2,1-2H3/b17-12+. The minimum Gasteiger partial charge on any atom is -0.503 e. The van der Waals surface area contributed by atoms with Crippen molar-refractivity contribution < 1.29 is 19.0 Å². The van der Waals surface area contributed by atoms with E-state index in [-0.39, 0.29) is 6.61 Å². The maximum absolute atomic E-state index is 11.9. The number of methoxy groups -OCH3 is 2. The molecule has 0 amide bonds. The van der Waals surface area contributed by atoms with E-state index in [1.807, 2.05) is 36.4 Å². The number of esters is 1. The van der Waals surface area contributed by atoms with Crippen LogP contribution in [0.25, 0.3) is 5.57 Å². The summed E-state index contributed by atoms with van der Waals surface area (Å²) in [6, 6.07) is 14.6. The molecule has 0 spiro atoms. The molecule has 23 heavy (non-hydrogen) atoms. The van der Waals surface area contributed by atoms with Gasteiger partial charge < -0.3 is 14.2 Å². The third kappa shape index (κ3) is 4.50. The molecule has 2 rings (SSSR count). The van der Waals surface area contributed by atoms with E-state index in [9.17, 15) is 4.79 Å². The van der Waals surface area contributed by atoms with E-state index in [2.05, 4.69) is 0 Å². The molecule has 120 valence electrons. The molecule has 0 bridgehead atoms. The molecule has 0 atom stereocenters. The molecule has 0 aliphatic heterocycles. The number of carbonyl (C=O) groups excluding carboxylic acids is 1. The second-order valence-electron chi connectivity index (χ2n) is 4.66. The minimum absolute atomic E-state index is 0.286. The van der Waals surface area contributed by atoms with Gasteiger partial charge in [-0.05, 0) is 29.3 Å². The Morgan fingerprint density at radius 3 is 2.61 bits per heavy atom. The zero-order chi connectivity index (χ0) is 16.7. The van der Waals surface area contributed by atoms with Crippen LogP contribution in [0.15, 0.2) is 54.8 Å². The van der Waals surface area contributed by atoms with E-state index in [4.69, 9.17) is 25.8 Å². The van der Waals surface area contributed by atoms with Gasteiger partial charge in [0, 0.05) is 5.02 Å². The first-order chi connectivity index (χ1) is 11.2. The summed E-state index contributed by atoms with van der Waals surface area (Å²) in [6.45, 7) is 0.286. The van der Waals surface area contributed by atoms with Gasteiger partial charge in [-0.15, -0.1) is 0 Å². The van der Waals surface area contributed by atoms with Gasteiger partial charge in [0.1, 0.15) is 17.9 Å². The van der Waals surface area contributed by atoms with E-state index in [0.29, 0.717) is 21.9 Å². The second-order valence-corrected chi connectivity index (χ2v) is 5.10. The average Bonchev–Trinajstić information content (AvgIpc) is 2.58. The first-order valence-corrected chi connectivity index (χ1v) is 7.31. The van der Waals surface area contributed by atoms with Crippen LogP contribution in [0.4, 0.5) is 0 Å². The fourth-order valence-corrected chi connectivity index (χ4v) is 2.26. The molecule has 0 saturated heterocycles. The summed E-state index contributed by atoms with van der Waals surface area (Å²) in [7, 11) is 2.81. The second kappa shape index (κ2) is 8.25. The van der Waals surface area contributed by atoms with E-state index in [1.54, 1.807) is 12.1 Å². The molecular formula is C18H17ClO4. The van der Waals surface area contributed by atoms with Gasteiger partial charge in [-0.1, -0.05) is 41.9 Å². The van der Waals surface area contributed by atoms with Crippen LogP contribution in [0.1, 0.15) is 11.1 Å². The highest BCUT2D eigenvalue weighted by atomic mass is 35.5. The maximum Gasteiger partial charge on any atom is 0.341 e. The van der Waals surface area contributed by atoms with Gasteiger partial charge in [-0.2, -0.15) is 0 Å². The third-order valence-corrected chi connectivity index (χ3v) is 3.37. The highest BCUT2D eigenvalue weighted by Gasteiger charge is 2.16. The molecule has 5 heteroatoms. The van der Waals surface area contributed by atoms with E-state index in [0.717, 1.165) is 5.56 Å². The predicted octanol–water partition coefficient (Wildman–Crippen LogP) is 4.08. The molecule has 0 unspecified atom stereocenters. The van der Waals surface area contributed by atoms with Crippen LogP contribution in [-0.4, -0.2) is 20.2 Å². The van der Waals surface area contributed by atoms with Crippen LogP contribution in [0.5, 0.6) is 5.75 Å². The van der Waals surface area contributed by atoms with Gasteiger partial charge >= 0.3 is 5.97 Å². The molecular weight excluding hydrogens is 316 g/mol. The van der Waals surface area contributed by atoms with Gasteiger partial charge in [0.25, 0.3) is 0 Å². The van der Waals surface area contributed by atoms with Crippen molar-refractivity contribution in [2.45, 2.75) is 6.61 Å². The highest BCUT2D eigenvalue weighted by Crippen LogP contribution is 2.23. The topological polar surface area (TPSA) is 44.8 Å². The first-order valence-electron chi connectivity index (χ1n) is 6.93. The van der Waals surface area contributed by atoms with Gasteiger partial charge in [0.2, 0.25) is 0 Å². The summed E-state index contributed by atoms with van der Waals surface area (Å²) in [6.07, 6.45) is 1.37. The van der Waals surface area contributed by atoms with Crippen molar-refractivity contribution in [2.75, 3.05) is 14.2 Å². The van der Waals surface area contributed by atoms with E-state index < -0.39 is 5.97 Å². The predicted molar refractivity (Wildman–Crippen MR) is 89.2 cm³/mol. The van der Waals surface area contributed by atoms with Crippen LogP contribution >= 0.6 is 11.6 Å². The zero-order valence-corrected chi connectivity index (χ0v) is 13.7. The summed E-state index contributed by atoms with van der Waals surface area (Å²) in [4.78, 5) is 11.9. The largest absolute Gasteiger partial charge is 0.503 e. The lowest BCUT2D eigenvalue weighted by Gasteiger charge is -2.12. The lowest BCUT2D eigenvalue weighted by molar-refractivity contribution is -0.133. The summed E-state index contributed by atoms with van der Waals surface area (Å²) in [5.74, 6) is 0.185. The Morgan fingerprint density at radius 1 is 1.13 bits per heavy atom. The number of rotatable bonds is 6. The van der Waals surface area contributed by atoms with Gasteiger partial charge in [0.05, 0.1) is 20.5 Å². The molecule has 0 aliphatic carbocycles. The molecule has 0 saturated carbocycles. The highest BCUT2D eigenvalue weighted by molar-refractivity contribution is 6.30. The van der Waals surface area contributed by atoms with Crippen LogP contribution in [0, 0.1) is 0 Å². The monoisotopic (exact) mass is 332 g/mol. The van der Waals surface area contributed by atoms with Crippen molar-refractivity contribution in [3.8, 4) is 5.75 Å². The fourth-order valence-electron chi connectivity index (χ4n) is 2.08. The molecule has 0 aliphatic rings. The minimum atomic E-state index is -0.470. The number of hydrogen-bond acceptors (Lipinski definition) is 4. The Bertz CT molecular complexity index is 710. The SMILES string of the molecule is CO/C=C(/C(=O)OC)c1ccccc1COc1cccc(Cl)c1. The molecule has 2 aromatic carbocycles. The summed E-state index contributed by atoms with van der Waals surface area (Å²) < 4.78 is 15.6. The number of halogens is 1. The molecule has 0 radical (unpaired) electrons. The summed E-state index contributed by atoms with van der Waals surface area (Å²) in [5, 5.41) is 0.602. The number of hydrogen-bond donors (Lipinski definition) is 0. The Kier molecular flexibility index (Phi) is 6.06. The van der Waals surface area contributed by atoms with Crippen molar-refractivity contribution in [2.24, 2.45) is 0 Å². The molecule has 0 aromatic heterocycles. The maximum atomic E-state index is 11.9. The zero-order valence-electron chi connectivity index (χ0n) is 12.9. The smallest absolute Gasteiger partial charge is 0.341 e. The third-order valence-electron chi connectivity index (χ3n) is 3.14. The first kappa shape index (κ1) is 16.9. The molecule has 0 N–H and O–H groups in total. The number of benzene rings is 2. The van der Waals surface area contributed by atoms with E-state index in [1.165, 1.54) is 20.5 Å². The van der Waals surface area contributed by atoms with Crippen LogP contribution in [0.3, 0.4) is 0 Å². The molecule has 2 aromatic rings. The average molecular weight is 333 g/mol. The van der Waals surface area contributed by atoms with Crippen LogP contribution in [-0.2, 0) is 20.9 Å². The molecule has 0 heterocycles. The van der Waals surface area contributed by atoms with Gasteiger partial charge in [-0.3, -0.25) is 0 Å². The van der Waals surface area contributed by atoms with Crippen molar-refractivity contribution in [1.82, 2.24) is 0 Å². The fraction of sp³-hybridized carbons (Fsp3) is 0.167. The van der Waals surface area contributed by atoms with Gasteiger partial charge in [-0.25, -0.2) is 4.79 Å².